The molecule has 0 aromatic carbocycles. The number of hydrazine groups is 1. The maximum absolute atomic E-state index is 12.1. The molecule has 4 N–H and O–H groups in total. The molecule has 10 heteroatoms. The molecule has 2 heterocycles. The number of hydrogen-bond acceptors (Lipinski definition) is 6. The Morgan fingerprint density at radius 2 is 2.10 bits per heavy atom. The summed E-state index contributed by atoms with van der Waals surface area (Å²) in [6, 6.07) is 4.73. The first-order chi connectivity index (χ1) is 9.42. The van der Waals surface area contributed by atoms with Gasteiger partial charge in [-0.1, -0.05) is 23.2 Å². The van der Waals surface area contributed by atoms with Gasteiger partial charge in [0.15, 0.2) is 5.82 Å². The predicted molar refractivity (Wildman–Crippen MR) is 80.4 cm³/mol. The van der Waals surface area contributed by atoms with Crippen LogP contribution < -0.4 is 16.0 Å². The molecular weight excluding hydrogens is 343 g/mol. The molecule has 0 aliphatic rings. The van der Waals surface area contributed by atoms with Crippen molar-refractivity contribution in [2.75, 3.05) is 5.43 Å². The summed E-state index contributed by atoms with van der Waals surface area (Å²) in [6.07, 6.45) is 1.17. The van der Waals surface area contributed by atoms with Crippen molar-refractivity contribution in [1.82, 2.24) is 9.71 Å². The summed E-state index contributed by atoms with van der Waals surface area (Å²) in [4.78, 5) is 4.58. The Kier molecular flexibility index (Phi) is 4.84. The van der Waals surface area contributed by atoms with E-state index in [2.05, 4.69) is 15.1 Å². The van der Waals surface area contributed by atoms with Crippen LogP contribution in [0.4, 0.5) is 5.82 Å². The van der Waals surface area contributed by atoms with Crippen LogP contribution in [0.25, 0.3) is 0 Å². The van der Waals surface area contributed by atoms with Gasteiger partial charge in [-0.05, 0) is 18.2 Å². The Morgan fingerprint density at radius 3 is 2.65 bits per heavy atom. The van der Waals surface area contributed by atoms with E-state index in [9.17, 15) is 8.42 Å². The van der Waals surface area contributed by atoms with Crippen molar-refractivity contribution in [3.05, 3.63) is 38.6 Å². The third kappa shape index (κ3) is 3.60. The molecule has 0 saturated carbocycles. The van der Waals surface area contributed by atoms with Crippen molar-refractivity contribution in [2.24, 2.45) is 5.84 Å². The number of nitrogen functional groups attached to an aromatic ring is 1. The van der Waals surface area contributed by atoms with Gasteiger partial charge in [-0.3, -0.25) is 0 Å². The van der Waals surface area contributed by atoms with Crippen LogP contribution in [0.3, 0.4) is 0 Å². The highest BCUT2D eigenvalue weighted by atomic mass is 35.5. The molecule has 6 nitrogen and oxygen atoms in total. The molecule has 0 aliphatic carbocycles. The number of thiophene rings is 1. The van der Waals surface area contributed by atoms with E-state index in [0.29, 0.717) is 4.34 Å². The second-order valence-electron chi connectivity index (χ2n) is 3.68. The third-order valence-electron chi connectivity index (χ3n) is 2.33. The van der Waals surface area contributed by atoms with Crippen LogP contribution in [0.5, 0.6) is 0 Å². The standard InChI is InChI=1S/C10H10Cl2N4O2S2/c11-8-3-7(5-14-10(8)16-13)20(17,18)15-4-6-1-2-9(12)19-6/h1-3,5,15H,4,13H2,(H,14,16). The van der Waals surface area contributed by atoms with Crippen molar-refractivity contribution in [2.45, 2.75) is 11.4 Å². The van der Waals surface area contributed by atoms with E-state index >= 15 is 0 Å². The van der Waals surface area contributed by atoms with E-state index in [1.807, 2.05) is 0 Å². The highest BCUT2D eigenvalue weighted by Crippen LogP contribution is 2.23. The number of nitrogens with zero attached hydrogens (tertiary/aromatic N) is 1. The van der Waals surface area contributed by atoms with Crippen molar-refractivity contribution in [3.63, 3.8) is 0 Å². The molecule has 0 atom stereocenters. The summed E-state index contributed by atoms with van der Waals surface area (Å²) >= 11 is 12.9. The largest absolute Gasteiger partial charge is 0.307 e. The zero-order chi connectivity index (χ0) is 14.8. The van der Waals surface area contributed by atoms with E-state index in [4.69, 9.17) is 29.0 Å². The van der Waals surface area contributed by atoms with Gasteiger partial charge in [-0.15, -0.1) is 11.3 Å². The minimum Gasteiger partial charge on any atom is -0.307 e. The molecule has 2 rings (SSSR count). The minimum absolute atomic E-state index is 0.0378. The number of hydrogen-bond donors (Lipinski definition) is 3. The maximum Gasteiger partial charge on any atom is 0.242 e. The zero-order valence-electron chi connectivity index (χ0n) is 9.93. The summed E-state index contributed by atoms with van der Waals surface area (Å²) in [5.41, 5.74) is 2.26. The lowest BCUT2D eigenvalue weighted by Gasteiger charge is -2.07. The smallest absolute Gasteiger partial charge is 0.242 e. The molecule has 2 aromatic rings. The highest BCUT2D eigenvalue weighted by Gasteiger charge is 2.16. The van der Waals surface area contributed by atoms with E-state index in [1.54, 1.807) is 12.1 Å². The second-order valence-corrected chi connectivity index (χ2v) is 7.65. The number of sulfonamides is 1. The van der Waals surface area contributed by atoms with Crippen LogP contribution in [0.15, 0.2) is 29.3 Å². The van der Waals surface area contributed by atoms with Gasteiger partial charge in [0.2, 0.25) is 10.0 Å². The Balaban J connectivity index is 2.15. The summed E-state index contributed by atoms with van der Waals surface area (Å²) in [5, 5.41) is 0.120. The van der Waals surface area contributed by atoms with Crippen LogP contribution in [0.2, 0.25) is 9.36 Å². The normalized spacial score (nSPS) is 11.6. The molecule has 108 valence electrons. The molecule has 0 spiro atoms. The van der Waals surface area contributed by atoms with Gasteiger partial charge in [0.25, 0.3) is 0 Å². The first-order valence-corrected chi connectivity index (χ1v) is 8.34. The predicted octanol–water partition coefficient (Wildman–Crippen LogP) is 2.21. The molecule has 0 amide bonds. The molecule has 2 aromatic heterocycles. The zero-order valence-corrected chi connectivity index (χ0v) is 13.1. The summed E-state index contributed by atoms with van der Waals surface area (Å²) < 4.78 is 27.2. The Bertz CT molecular complexity index is 718. The van der Waals surface area contributed by atoms with Gasteiger partial charge >= 0.3 is 0 Å². The minimum atomic E-state index is -3.70. The molecule has 0 bridgehead atoms. The maximum atomic E-state index is 12.1. The number of anilines is 1. The monoisotopic (exact) mass is 352 g/mol. The molecule has 0 saturated heterocycles. The number of aromatic nitrogens is 1. The summed E-state index contributed by atoms with van der Waals surface area (Å²) in [7, 11) is -3.70. The number of nitrogens with two attached hydrogens (primary N) is 1. The Hall–Kier alpha value is -0.900. The lowest BCUT2D eigenvalue weighted by Crippen LogP contribution is -2.23. The fourth-order valence-electron chi connectivity index (χ4n) is 1.37. The van der Waals surface area contributed by atoms with Crippen molar-refractivity contribution in [1.29, 1.82) is 0 Å². The van der Waals surface area contributed by atoms with E-state index in [-0.39, 0.29) is 22.3 Å². The van der Waals surface area contributed by atoms with Crippen molar-refractivity contribution >= 4 is 50.4 Å². The first kappa shape index (κ1) is 15.5. The average Bonchev–Trinajstić information content (AvgIpc) is 2.82. The van der Waals surface area contributed by atoms with E-state index < -0.39 is 10.0 Å². The number of nitrogens with one attached hydrogen (secondary N) is 2. The van der Waals surface area contributed by atoms with Gasteiger partial charge < -0.3 is 5.43 Å². The number of pyridine rings is 1. The van der Waals surface area contributed by atoms with Crippen LogP contribution in [0.1, 0.15) is 4.88 Å². The van der Waals surface area contributed by atoms with E-state index in [0.717, 1.165) is 4.88 Å². The van der Waals surface area contributed by atoms with Gasteiger partial charge in [-0.2, -0.15) is 0 Å². The highest BCUT2D eigenvalue weighted by molar-refractivity contribution is 7.89. The van der Waals surface area contributed by atoms with Crippen LogP contribution >= 0.6 is 34.5 Å². The lowest BCUT2D eigenvalue weighted by molar-refractivity contribution is 0.581. The number of halogens is 2. The summed E-state index contributed by atoms with van der Waals surface area (Å²) in [6.45, 7) is 0.147. The van der Waals surface area contributed by atoms with Crippen LogP contribution in [-0.4, -0.2) is 13.4 Å². The van der Waals surface area contributed by atoms with E-state index in [1.165, 1.54) is 23.6 Å². The number of rotatable bonds is 5. The van der Waals surface area contributed by atoms with Gasteiger partial charge in [-0.25, -0.2) is 24.0 Å². The van der Waals surface area contributed by atoms with Crippen LogP contribution in [-0.2, 0) is 16.6 Å². The molecule has 0 radical (unpaired) electrons. The SMILES string of the molecule is NNc1ncc(S(=O)(=O)NCc2ccc(Cl)s2)cc1Cl. The second kappa shape index (κ2) is 6.25. The fraction of sp³-hybridized carbons (Fsp3) is 0.100. The molecule has 20 heavy (non-hydrogen) atoms. The quantitative estimate of drug-likeness (QED) is 0.566. The third-order valence-corrected chi connectivity index (χ3v) is 5.22. The van der Waals surface area contributed by atoms with Gasteiger partial charge in [0.05, 0.1) is 9.36 Å². The topological polar surface area (TPSA) is 97.1 Å². The molecular formula is C10H10Cl2N4O2S2. The first-order valence-electron chi connectivity index (χ1n) is 5.28. The molecule has 0 fully saturated rings. The average molecular weight is 353 g/mol. The van der Waals surface area contributed by atoms with Crippen molar-refractivity contribution < 1.29 is 8.42 Å². The van der Waals surface area contributed by atoms with Crippen LogP contribution in [0, 0.1) is 0 Å². The summed E-state index contributed by atoms with van der Waals surface area (Å²) in [5.74, 6) is 5.38. The molecule has 0 unspecified atom stereocenters. The Labute approximate surface area is 129 Å². The fourth-order valence-corrected chi connectivity index (χ4v) is 3.75. The van der Waals surface area contributed by atoms with Gasteiger partial charge in [0.1, 0.15) is 4.90 Å². The Morgan fingerprint density at radius 1 is 1.35 bits per heavy atom. The molecule has 0 aliphatic heterocycles. The lowest BCUT2D eigenvalue weighted by atomic mass is 10.5. The van der Waals surface area contributed by atoms with Gasteiger partial charge in [0, 0.05) is 17.6 Å². The van der Waals surface area contributed by atoms with Crippen molar-refractivity contribution in [3.8, 4) is 0 Å².